The van der Waals surface area contributed by atoms with Gasteiger partial charge in [0.05, 0.1) is 16.3 Å². The van der Waals surface area contributed by atoms with Crippen LogP contribution in [0.25, 0.3) is 10.7 Å². The van der Waals surface area contributed by atoms with Crippen molar-refractivity contribution in [2.24, 2.45) is 0 Å². The van der Waals surface area contributed by atoms with Gasteiger partial charge in [0.15, 0.2) is 6.10 Å². The van der Waals surface area contributed by atoms with E-state index in [0.29, 0.717) is 16.4 Å². The van der Waals surface area contributed by atoms with Crippen molar-refractivity contribution in [2.45, 2.75) is 20.0 Å². The van der Waals surface area contributed by atoms with E-state index in [9.17, 15) is 19.7 Å². The minimum absolute atomic E-state index is 0.158. The van der Waals surface area contributed by atoms with Crippen molar-refractivity contribution in [1.29, 1.82) is 0 Å². The number of aromatic nitrogens is 2. The topological polar surface area (TPSA) is 124 Å². The molecule has 3 aromatic rings. The van der Waals surface area contributed by atoms with Crippen molar-refractivity contribution >= 4 is 34.6 Å². The van der Waals surface area contributed by atoms with Gasteiger partial charge in [-0.15, -0.1) is 11.3 Å². The maximum atomic E-state index is 12.5. The van der Waals surface area contributed by atoms with Gasteiger partial charge in [0.25, 0.3) is 11.6 Å². The zero-order valence-electron chi connectivity index (χ0n) is 15.5. The Kier molecular flexibility index (Phi) is 5.93. The second-order valence-corrected chi connectivity index (χ2v) is 6.99. The van der Waals surface area contributed by atoms with Crippen LogP contribution in [0.4, 0.5) is 11.4 Å². The van der Waals surface area contributed by atoms with E-state index in [-0.39, 0.29) is 16.3 Å². The summed E-state index contributed by atoms with van der Waals surface area (Å²) >= 11 is 1.13. The Hall–Kier alpha value is -3.66. The number of thiazole rings is 1. The third-order valence-corrected chi connectivity index (χ3v) is 5.00. The molecule has 1 atom stereocenters. The lowest BCUT2D eigenvalue weighted by molar-refractivity contribution is -0.384. The van der Waals surface area contributed by atoms with Gasteiger partial charge in [-0.2, -0.15) is 0 Å². The lowest BCUT2D eigenvalue weighted by Crippen LogP contribution is -2.30. The van der Waals surface area contributed by atoms with E-state index in [1.165, 1.54) is 31.2 Å². The highest BCUT2D eigenvalue weighted by atomic mass is 32.1. The molecule has 1 unspecified atom stereocenters. The number of anilines is 1. The standard InChI is InChI=1S/C19H16N4O5S/c1-11-16(29-18(21-11)15-8-3-4-9-20-15)19(25)28-12(2)17(24)22-13-6-5-7-14(10-13)23(26)27/h3-10,12H,1-2H3,(H,22,24). The monoisotopic (exact) mass is 412 g/mol. The molecule has 9 nitrogen and oxygen atoms in total. The van der Waals surface area contributed by atoms with Crippen molar-refractivity contribution < 1.29 is 19.2 Å². The molecule has 1 N–H and O–H groups in total. The highest BCUT2D eigenvalue weighted by molar-refractivity contribution is 7.17. The van der Waals surface area contributed by atoms with Crippen molar-refractivity contribution in [2.75, 3.05) is 5.32 Å². The van der Waals surface area contributed by atoms with E-state index in [4.69, 9.17) is 4.74 Å². The van der Waals surface area contributed by atoms with Crippen LogP contribution in [0.1, 0.15) is 22.3 Å². The predicted molar refractivity (Wildman–Crippen MR) is 107 cm³/mol. The zero-order chi connectivity index (χ0) is 21.0. The Balaban J connectivity index is 1.67. The first-order chi connectivity index (χ1) is 13.8. The summed E-state index contributed by atoms with van der Waals surface area (Å²) in [6.45, 7) is 3.09. The number of non-ortho nitro benzene ring substituents is 1. The summed E-state index contributed by atoms with van der Waals surface area (Å²) in [4.78, 5) is 43.9. The Labute approximate surface area is 169 Å². The lowest BCUT2D eigenvalue weighted by Gasteiger charge is -2.13. The maximum absolute atomic E-state index is 12.5. The lowest BCUT2D eigenvalue weighted by atomic mass is 10.2. The smallest absolute Gasteiger partial charge is 0.351 e. The quantitative estimate of drug-likeness (QED) is 0.372. The minimum atomic E-state index is -1.11. The summed E-state index contributed by atoms with van der Waals surface area (Å²) in [5, 5.41) is 13.9. The third kappa shape index (κ3) is 4.79. The average molecular weight is 412 g/mol. The number of benzene rings is 1. The number of nitro benzene ring substituents is 1. The molecule has 10 heteroatoms. The molecule has 0 spiro atoms. The predicted octanol–water partition coefficient (Wildman–Crippen LogP) is 3.61. The van der Waals surface area contributed by atoms with Crippen molar-refractivity contribution in [1.82, 2.24) is 9.97 Å². The second-order valence-electron chi connectivity index (χ2n) is 5.99. The van der Waals surface area contributed by atoms with Gasteiger partial charge < -0.3 is 10.1 Å². The van der Waals surface area contributed by atoms with E-state index >= 15 is 0 Å². The fourth-order valence-corrected chi connectivity index (χ4v) is 3.32. The molecule has 2 heterocycles. The van der Waals surface area contributed by atoms with Crippen LogP contribution >= 0.6 is 11.3 Å². The van der Waals surface area contributed by atoms with Gasteiger partial charge >= 0.3 is 5.97 Å². The molecule has 1 aromatic carbocycles. The van der Waals surface area contributed by atoms with E-state index in [1.807, 2.05) is 6.07 Å². The van der Waals surface area contributed by atoms with Gasteiger partial charge in [-0.25, -0.2) is 9.78 Å². The van der Waals surface area contributed by atoms with Crippen LogP contribution in [0, 0.1) is 17.0 Å². The van der Waals surface area contributed by atoms with Crippen LogP contribution < -0.4 is 5.32 Å². The molecule has 0 bridgehead atoms. The molecule has 0 fully saturated rings. The molecule has 0 saturated heterocycles. The van der Waals surface area contributed by atoms with E-state index < -0.39 is 22.9 Å². The molecule has 0 aliphatic rings. The number of nitro groups is 1. The Bertz CT molecular complexity index is 1070. The Morgan fingerprint density at radius 1 is 1.24 bits per heavy atom. The summed E-state index contributed by atoms with van der Waals surface area (Å²) in [5.74, 6) is -1.28. The van der Waals surface area contributed by atoms with Crippen LogP contribution in [-0.2, 0) is 9.53 Å². The number of nitrogens with one attached hydrogen (secondary N) is 1. The molecule has 148 valence electrons. The van der Waals surface area contributed by atoms with E-state index in [0.717, 1.165) is 11.3 Å². The number of nitrogens with zero attached hydrogens (tertiary/aromatic N) is 3. The normalized spacial score (nSPS) is 11.5. The largest absolute Gasteiger partial charge is 0.448 e. The van der Waals surface area contributed by atoms with Crippen molar-refractivity contribution in [3.05, 3.63) is 69.3 Å². The number of pyridine rings is 1. The van der Waals surface area contributed by atoms with Crippen LogP contribution in [-0.4, -0.2) is 32.9 Å². The first-order valence-corrected chi connectivity index (χ1v) is 9.32. The highest BCUT2D eigenvalue weighted by Crippen LogP contribution is 2.27. The fraction of sp³-hybridized carbons (Fsp3) is 0.158. The Morgan fingerprint density at radius 3 is 2.72 bits per heavy atom. The van der Waals surface area contributed by atoms with Gasteiger partial charge in [-0.05, 0) is 32.0 Å². The highest BCUT2D eigenvalue weighted by Gasteiger charge is 2.23. The summed E-state index contributed by atoms with van der Waals surface area (Å²) in [7, 11) is 0. The Morgan fingerprint density at radius 2 is 2.03 bits per heavy atom. The summed E-state index contributed by atoms with van der Waals surface area (Å²) in [6.07, 6.45) is 0.520. The summed E-state index contributed by atoms with van der Waals surface area (Å²) in [6, 6.07) is 10.9. The number of carbonyl (C=O) groups is 2. The molecule has 0 aliphatic carbocycles. The summed E-state index contributed by atoms with van der Waals surface area (Å²) < 4.78 is 5.24. The van der Waals surface area contributed by atoms with E-state index in [1.54, 1.807) is 25.3 Å². The number of hydrogen-bond acceptors (Lipinski definition) is 8. The second kappa shape index (κ2) is 8.57. The number of hydrogen-bond donors (Lipinski definition) is 1. The zero-order valence-corrected chi connectivity index (χ0v) is 16.3. The van der Waals surface area contributed by atoms with Gasteiger partial charge in [-0.3, -0.25) is 19.9 Å². The molecule has 0 radical (unpaired) electrons. The minimum Gasteiger partial charge on any atom is -0.448 e. The molecular weight excluding hydrogens is 396 g/mol. The molecule has 0 aliphatic heterocycles. The number of ether oxygens (including phenoxy) is 1. The van der Waals surface area contributed by atoms with Crippen LogP contribution in [0.2, 0.25) is 0 Å². The average Bonchev–Trinajstić information content (AvgIpc) is 3.10. The number of amides is 1. The van der Waals surface area contributed by atoms with Crippen LogP contribution in [0.5, 0.6) is 0 Å². The molecule has 29 heavy (non-hydrogen) atoms. The third-order valence-electron chi connectivity index (χ3n) is 3.84. The van der Waals surface area contributed by atoms with Gasteiger partial charge in [0.2, 0.25) is 0 Å². The van der Waals surface area contributed by atoms with Gasteiger partial charge in [-0.1, -0.05) is 12.1 Å². The molecule has 2 aromatic heterocycles. The first kappa shape index (κ1) is 20.1. The number of aryl methyl sites for hydroxylation is 1. The fourth-order valence-electron chi connectivity index (χ4n) is 2.39. The van der Waals surface area contributed by atoms with Crippen molar-refractivity contribution in [3.63, 3.8) is 0 Å². The molecule has 3 rings (SSSR count). The first-order valence-electron chi connectivity index (χ1n) is 8.50. The molecule has 0 saturated carbocycles. The van der Waals surface area contributed by atoms with Gasteiger partial charge in [0, 0.05) is 24.0 Å². The van der Waals surface area contributed by atoms with E-state index in [2.05, 4.69) is 15.3 Å². The maximum Gasteiger partial charge on any atom is 0.351 e. The number of rotatable bonds is 6. The van der Waals surface area contributed by atoms with Gasteiger partial charge in [0.1, 0.15) is 9.88 Å². The molecular formula is C19H16N4O5S. The summed E-state index contributed by atoms with van der Waals surface area (Å²) in [5.41, 5.74) is 1.19. The number of esters is 1. The van der Waals surface area contributed by atoms with Crippen LogP contribution in [0.3, 0.4) is 0 Å². The SMILES string of the molecule is Cc1nc(-c2ccccn2)sc1C(=O)OC(C)C(=O)Nc1cccc([N+](=O)[O-])c1. The number of carbonyl (C=O) groups excluding carboxylic acids is 2. The molecule has 1 amide bonds. The van der Waals surface area contributed by atoms with Crippen LogP contribution in [0.15, 0.2) is 48.7 Å². The van der Waals surface area contributed by atoms with Crippen molar-refractivity contribution in [3.8, 4) is 10.7 Å².